The first-order chi connectivity index (χ1) is 14.4. The Morgan fingerprint density at radius 2 is 1.73 bits per heavy atom. The minimum Gasteiger partial charge on any atom is -0.497 e. The van der Waals surface area contributed by atoms with E-state index in [1.54, 1.807) is 24.3 Å². The second-order valence-electron chi connectivity index (χ2n) is 6.02. The van der Waals surface area contributed by atoms with Crippen molar-refractivity contribution in [1.82, 2.24) is 0 Å². The zero-order valence-electron chi connectivity index (χ0n) is 16.0. The predicted octanol–water partition coefficient (Wildman–Crippen LogP) is 5.31. The molecule has 8 nitrogen and oxygen atoms in total. The highest BCUT2D eigenvalue weighted by Crippen LogP contribution is 2.38. The van der Waals surface area contributed by atoms with Gasteiger partial charge in [-0.2, -0.15) is 0 Å². The number of halogens is 1. The Bertz CT molecular complexity index is 1100. The summed E-state index contributed by atoms with van der Waals surface area (Å²) < 4.78 is 16.1. The van der Waals surface area contributed by atoms with Crippen LogP contribution < -0.4 is 19.5 Å². The molecule has 0 unspecified atom stereocenters. The van der Waals surface area contributed by atoms with Gasteiger partial charge in [0.25, 0.3) is 5.91 Å². The molecule has 0 aromatic heterocycles. The summed E-state index contributed by atoms with van der Waals surface area (Å²) in [5.41, 5.74) is 0.590. The van der Waals surface area contributed by atoms with Crippen LogP contribution in [0.25, 0.3) is 0 Å². The first-order valence-electron chi connectivity index (χ1n) is 8.66. The average molecular weight is 429 g/mol. The molecule has 0 spiro atoms. The van der Waals surface area contributed by atoms with Crippen LogP contribution in [-0.2, 0) is 0 Å². The van der Waals surface area contributed by atoms with E-state index in [0.717, 1.165) is 0 Å². The number of nitro groups is 1. The first-order valence-corrected chi connectivity index (χ1v) is 9.04. The van der Waals surface area contributed by atoms with Gasteiger partial charge in [0.1, 0.15) is 5.75 Å². The number of nitrogens with one attached hydrogen (secondary N) is 1. The van der Waals surface area contributed by atoms with E-state index in [2.05, 4.69) is 5.32 Å². The van der Waals surface area contributed by atoms with Gasteiger partial charge < -0.3 is 19.5 Å². The number of rotatable bonds is 7. The van der Waals surface area contributed by atoms with E-state index in [4.69, 9.17) is 25.8 Å². The Morgan fingerprint density at radius 3 is 2.43 bits per heavy atom. The van der Waals surface area contributed by atoms with Crippen molar-refractivity contribution in [3.63, 3.8) is 0 Å². The van der Waals surface area contributed by atoms with Crippen molar-refractivity contribution in [3.05, 3.63) is 81.4 Å². The van der Waals surface area contributed by atoms with Crippen LogP contribution in [0.5, 0.6) is 23.0 Å². The van der Waals surface area contributed by atoms with Crippen molar-refractivity contribution >= 4 is 28.9 Å². The molecule has 9 heteroatoms. The van der Waals surface area contributed by atoms with Crippen LogP contribution in [0, 0.1) is 10.1 Å². The lowest BCUT2D eigenvalue weighted by Crippen LogP contribution is -2.12. The van der Waals surface area contributed by atoms with E-state index >= 15 is 0 Å². The highest BCUT2D eigenvalue weighted by molar-refractivity contribution is 6.30. The third kappa shape index (κ3) is 4.79. The monoisotopic (exact) mass is 428 g/mol. The molecule has 3 aromatic rings. The molecule has 0 radical (unpaired) electrons. The third-order valence-corrected chi connectivity index (χ3v) is 4.33. The maximum Gasteiger partial charge on any atom is 0.313 e. The topological polar surface area (TPSA) is 99.9 Å². The second kappa shape index (κ2) is 9.15. The van der Waals surface area contributed by atoms with Gasteiger partial charge in [-0.25, -0.2) is 0 Å². The van der Waals surface area contributed by atoms with Gasteiger partial charge in [-0.15, -0.1) is 0 Å². The lowest BCUT2D eigenvalue weighted by Gasteiger charge is -2.12. The van der Waals surface area contributed by atoms with Gasteiger partial charge in [0, 0.05) is 28.4 Å². The van der Waals surface area contributed by atoms with E-state index in [1.807, 2.05) is 0 Å². The summed E-state index contributed by atoms with van der Waals surface area (Å²) in [4.78, 5) is 23.2. The lowest BCUT2D eigenvalue weighted by molar-refractivity contribution is -0.385. The van der Waals surface area contributed by atoms with Crippen molar-refractivity contribution in [3.8, 4) is 23.0 Å². The number of hydrogen-bond acceptors (Lipinski definition) is 6. The molecule has 0 bridgehead atoms. The van der Waals surface area contributed by atoms with E-state index in [9.17, 15) is 14.9 Å². The molecular weight excluding hydrogens is 412 g/mol. The van der Waals surface area contributed by atoms with Gasteiger partial charge in [0.15, 0.2) is 11.5 Å². The van der Waals surface area contributed by atoms with Crippen LogP contribution >= 0.6 is 11.6 Å². The number of carbonyl (C=O) groups excluding carboxylic acids is 1. The largest absolute Gasteiger partial charge is 0.497 e. The Hall–Kier alpha value is -3.78. The number of amides is 1. The number of anilines is 1. The quantitative estimate of drug-likeness (QED) is 0.404. The molecule has 1 N–H and O–H groups in total. The summed E-state index contributed by atoms with van der Waals surface area (Å²) in [6.45, 7) is 0. The molecule has 0 atom stereocenters. The SMILES string of the molecule is COc1cccc(NC(=O)c2ccc(Oc3ccc(Cl)cc3[N+](=O)[O-])c(OC)c2)c1. The van der Waals surface area contributed by atoms with E-state index in [-0.39, 0.29) is 33.9 Å². The van der Waals surface area contributed by atoms with Crippen LogP contribution in [0.15, 0.2) is 60.7 Å². The standard InChI is InChI=1S/C21H17ClN2O6/c1-28-16-5-3-4-15(12-16)23-21(25)13-6-8-19(20(10-13)29-2)30-18-9-7-14(22)11-17(18)24(26)27/h3-12H,1-2H3,(H,23,25). The van der Waals surface area contributed by atoms with Crippen LogP contribution in [0.3, 0.4) is 0 Å². The molecule has 0 aliphatic rings. The first kappa shape index (κ1) is 20.9. The number of methoxy groups -OCH3 is 2. The fraction of sp³-hybridized carbons (Fsp3) is 0.0952. The molecule has 0 heterocycles. The van der Waals surface area contributed by atoms with Crippen molar-refractivity contribution in [2.24, 2.45) is 0 Å². The van der Waals surface area contributed by atoms with Crippen LogP contribution in [0.2, 0.25) is 5.02 Å². The zero-order valence-corrected chi connectivity index (χ0v) is 16.8. The third-order valence-electron chi connectivity index (χ3n) is 4.09. The van der Waals surface area contributed by atoms with Crippen molar-refractivity contribution in [1.29, 1.82) is 0 Å². The van der Waals surface area contributed by atoms with Crippen LogP contribution in [-0.4, -0.2) is 25.1 Å². The fourth-order valence-corrected chi connectivity index (χ4v) is 2.80. The fourth-order valence-electron chi connectivity index (χ4n) is 2.64. The molecule has 0 aliphatic heterocycles. The summed E-state index contributed by atoms with van der Waals surface area (Å²) in [7, 11) is 2.94. The molecule has 0 saturated carbocycles. The zero-order chi connectivity index (χ0) is 21.7. The number of benzene rings is 3. The molecule has 1 amide bonds. The molecule has 30 heavy (non-hydrogen) atoms. The van der Waals surface area contributed by atoms with E-state index in [1.165, 1.54) is 50.6 Å². The summed E-state index contributed by atoms with van der Waals surface area (Å²) in [6.07, 6.45) is 0. The second-order valence-corrected chi connectivity index (χ2v) is 6.46. The molecule has 0 fully saturated rings. The normalized spacial score (nSPS) is 10.2. The van der Waals surface area contributed by atoms with Gasteiger partial charge in [-0.1, -0.05) is 17.7 Å². The molecule has 154 valence electrons. The Balaban J connectivity index is 1.84. The summed E-state index contributed by atoms with van der Waals surface area (Å²) >= 11 is 5.83. The number of nitrogens with zero attached hydrogens (tertiary/aromatic N) is 1. The van der Waals surface area contributed by atoms with Gasteiger partial charge in [-0.3, -0.25) is 14.9 Å². The van der Waals surface area contributed by atoms with Crippen molar-refractivity contribution < 1.29 is 23.9 Å². The van der Waals surface area contributed by atoms with Crippen LogP contribution in [0.4, 0.5) is 11.4 Å². The van der Waals surface area contributed by atoms with Crippen molar-refractivity contribution in [2.75, 3.05) is 19.5 Å². The van der Waals surface area contributed by atoms with E-state index < -0.39 is 4.92 Å². The predicted molar refractivity (Wildman–Crippen MR) is 112 cm³/mol. The van der Waals surface area contributed by atoms with Gasteiger partial charge in [-0.05, 0) is 42.5 Å². The highest BCUT2D eigenvalue weighted by atomic mass is 35.5. The molecule has 3 aromatic carbocycles. The Labute approximate surface area is 177 Å². The van der Waals surface area contributed by atoms with Gasteiger partial charge in [0.2, 0.25) is 5.75 Å². The van der Waals surface area contributed by atoms with Crippen molar-refractivity contribution in [2.45, 2.75) is 0 Å². The maximum absolute atomic E-state index is 12.6. The Kier molecular flexibility index (Phi) is 6.38. The Morgan fingerprint density at radius 1 is 0.967 bits per heavy atom. The molecule has 0 saturated heterocycles. The minimum absolute atomic E-state index is 0.00344. The number of ether oxygens (including phenoxy) is 3. The maximum atomic E-state index is 12.6. The van der Waals surface area contributed by atoms with Gasteiger partial charge in [0.05, 0.1) is 19.1 Å². The molecule has 3 rings (SSSR count). The summed E-state index contributed by atoms with van der Waals surface area (Å²) in [6, 6.07) is 15.5. The summed E-state index contributed by atoms with van der Waals surface area (Å²) in [5, 5.41) is 14.2. The van der Waals surface area contributed by atoms with Crippen LogP contribution in [0.1, 0.15) is 10.4 Å². The number of nitro benzene ring substituents is 1. The number of hydrogen-bond donors (Lipinski definition) is 1. The van der Waals surface area contributed by atoms with Gasteiger partial charge >= 0.3 is 5.69 Å². The average Bonchev–Trinajstić information content (AvgIpc) is 2.75. The smallest absolute Gasteiger partial charge is 0.313 e. The van der Waals surface area contributed by atoms with E-state index in [0.29, 0.717) is 17.0 Å². The summed E-state index contributed by atoms with van der Waals surface area (Å²) in [5.74, 6) is 0.680. The number of carbonyl (C=O) groups is 1. The minimum atomic E-state index is -0.594. The molecular formula is C21H17ClN2O6. The lowest BCUT2D eigenvalue weighted by atomic mass is 10.1. The highest BCUT2D eigenvalue weighted by Gasteiger charge is 2.19. The molecule has 0 aliphatic carbocycles.